The van der Waals surface area contributed by atoms with E-state index in [2.05, 4.69) is 4.84 Å². The minimum atomic E-state index is -5.40. The minimum absolute atomic E-state index is 0.000699. The predicted octanol–water partition coefficient (Wildman–Crippen LogP) is 6.50. The van der Waals surface area contributed by atoms with Gasteiger partial charge in [0.1, 0.15) is 6.10 Å². The van der Waals surface area contributed by atoms with Crippen molar-refractivity contribution in [3.8, 4) is 0 Å². The lowest BCUT2D eigenvalue weighted by molar-refractivity contribution is -0.251. The molecule has 2 aromatic carbocycles. The average Bonchev–Trinajstić information content (AvgIpc) is 3.23. The fourth-order valence-corrected chi connectivity index (χ4v) is 5.54. The van der Waals surface area contributed by atoms with Gasteiger partial charge in [-0.2, -0.15) is 52.7 Å². The normalized spacial score (nSPS) is 20.4. The highest BCUT2D eigenvalue weighted by molar-refractivity contribution is 6.30. The molecule has 3 heterocycles. The SMILES string of the molecule is O=C1OC2N(OC1=O)C(=O)OC21CCN(CCOC(c2cc(C(F)(F)F)cc(C(F)(F)F)c2)c2cc(C(F)(F)F)cc(C(F)(F)F)c2)CC1. The number of alkyl halides is 12. The third-order valence-electron chi connectivity index (χ3n) is 7.92. The number of ether oxygens (including phenoxy) is 3. The van der Waals surface area contributed by atoms with Crippen LogP contribution < -0.4 is 0 Å². The van der Waals surface area contributed by atoms with Crippen LogP contribution in [0.15, 0.2) is 36.4 Å². The molecular weight excluding hydrogens is 704 g/mol. The van der Waals surface area contributed by atoms with Gasteiger partial charge in [-0.1, -0.05) is 5.06 Å². The number of hydrogen-bond donors (Lipinski definition) is 0. The molecular formula is C28H20F12N2O7. The number of likely N-dealkylation sites (tertiary alicyclic amines) is 1. The summed E-state index contributed by atoms with van der Waals surface area (Å²) in [6.45, 7) is -0.865. The molecule has 5 rings (SSSR count). The van der Waals surface area contributed by atoms with Crippen molar-refractivity contribution < 1.29 is 86.1 Å². The van der Waals surface area contributed by atoms with E-state index >= 15 is 0 Å². The van der Waals surface area contributed by atoms with Gasteiger partial charge < -0.3 is 23.9 Å². The Morgan fingerprint density at radius 1 is 0.694 bits per heavy atom. The Balaban J connectivity index is 1.43. The largest absolute Gasteiger partial charge is 0.447 e. The van der Waals surface area contributed by atoms with Gasteiger partial charge in [-0.05, 0) is 47.5 Å². The summed E-state index contributed by atoms with van der Waals surface area (Å²) >= 11 is 0. The van der Waals surface area contributed by atoms with Crippen LogP contribution in [-0.4, -0.2) is 66.1 Å². The van der Waals surface area contributed by atoms with Gasteiger partial charge in [0.25, 0.3) is 6.23 Å². The van der Waals surface area contributed by atoms with Gasteiger partial charge in [0.2, 0.25) is 0 Å². The molecule has 0 N–H and O–H groups in total. The second kappa shape index (κ2) is 12.3. The van der Waals surface area contributed by atoms with E-state index in [4.69, 9.17) is 14.2 Å². The molecule has 268 valence electrons. The van der Waals surface area contributed by atoms with Crippen LogP contribution in [0.3, 0.4) is 0 Å². The molecule has 3 fully saturated rings. The highest BCUT2D eigenvalue weighted by Crippen LogP contribution is 2.44. The van der Waals surface area contributed by atoms with Gasteiger partial charge >= 0.3 is 42.7 Å². The number of halogens is 12. The molecule has 49 heavy (non-hydrogen) atoms. The molecule has 1 unspecified atom stereocenters. The summed E-state index contributed by atoms with van der Waals surface area (Å²) in [5.41, 5.74) is -11.1. The lowest BCUT2D eigenvalue weighted by Gasteiger charge is -2.40. The zero-order chi connectivity index (χ0) is 36.3. The molecule has 2 aromatic rings. The van der Waals surface area contributed by atoms with Crippen LogP contribution in [0.4, 0.5) is 57.5 Å². The number of piperidine rings is 1. The molecule has 0 radical (unpaired) electrons. The molecule has 0 bridgehead atoms. The number of hydroxylamine groups is 2. The van der Waals surface area contributed by atoms with Crippen molar-refractivity contribution >= 4 is 18.0 Å². The molecule has 3 aliphatic rings. The maximum absolute atomic E-state index is 13.6. The van der Waals surface area contributed by atoms with Crippen LogP contribution in [-0.2, 0) is 53.3 Å². The maximum Gasteiger partial charge on any atom is 0.447 e. The number of rotatable bonds is 6. The Bertz CT molecular complexity index is 1490. The number of carbonyl (C=O) groups is 3. The van der Waals surface area contributed by atoms with Crippen molar-refractivity contribution in [2.24, 2.45) is 0 Å². The van der Waals surface area contributed by atoms with Crippen molar-refractivity contribution in [3.05, 3.63) is 69.8 Å². The summed E-state index contributed by atoms with van der Waals surface area (Å²) in [6, 6.07) is 0.0119. The van der Waals surface area contributed by atoms with Gasteiger partial charge in [-0.25, -0.2) is 14.4 Å². The third-order valence-corrected chi connectivity index (χ3v) is 7.92. The Kier molecular flexibility index (Phi) is 9.01. The van der Waals surface area contributed by atoms with E-state index in [0.717, 1.165) is 0 Å². The summed E-state index contributed by atoms with van der Waals surface area (Å²) in [5, 5.41) is 0.432. The van der Waals surface area contributed by atoms with Crippen LogP contribution in [0.25, 0.3) is 0 Å². The van der Waals surface area contributed by atoms with Gasteiger partial charge in [-0.15, -0.1) is 0 Å². The highest BCUT2D eigenvalue weighted by atomic mass is 19.4. The standard InChI is InChI=1S/C28H20F12N2O7/c29-25(30,31)15-7-13(8-16(11-15)26(32,33)34)19(14-9-17(27(35,36)37)12-18(10-14)28(38,39)40)46-6-5-41-3-1-24(2-4-41)22-42(23(45)48-24)49-21(44)20(43)47-22/h7-12,19,22H,1-6H2. The molecule has 3 aliphatic heterocycles. The lowest BCUT2D eigenvalue weighted by Crippen LogP contribution is -2.57. The van der Waals surface area contributed by atoms with Gasteiger partial charge in [0.15, 0.2) is 5.60 Å². The minimum Gasteiger partial charge on any atom is -0.434 e. The van der Waals surface area contributed by atoms with E-state index < -0.39 is 101 Å². The fraction of sp³-hybridized carbons (Fsp3) is 0.464. The van der Waals surface area contributed by atoms with E-state index in [-0.39, 0.29) is 68.9 Å². The maximum atomic E-state index is 13.6. The van der Waals surface area contributed by atoms with Crippen molar-refractivity contribution in [1.29, 1.82) is 0 Å². The van der Waals surface area contributed by atoms with Crippen molar-refractivity contribution in [2.75, 3.05) is 26.2 Å². The summed E-state index contributed by atoms with van der Waals surface area (Å²) in [4.78, 5) is 41.5. The zero-order valence-corrected chi connectivity index (χ0v) is 24.1. The molecule has 1 spiro atoms. The van der Waals surface area contributed by atoms with Crippen LogP contribution in [0.1, 0.15) is 52.3 Å². The number of hydrogen-bond acceptors (Lipinski definition) is 8. The Morgan fingerprint density at radius 2 is 1.12 bits per heavy atom. The highest BCUT2D eigenvalue weighted by Gasteiger charge is 2.62. The van der Waals surface area contributed by atoms with E-state index in [1.807, 2.05) is 0 Å². The van der Waals surface area contributed by atoms with E-state index in [0.29, 0.717) is 5.06 Å². The molecule has 3 saturated heterocycles. The molecule has 9 nitrogen and oxygen atoms in total. The number of amides is 1. The predicted molar refractivity (Wildman–Crippen MR) is 133 cm³/mol. The zero-order valence-electron chi connectivity index (χ0n) is 24.1. The summed E-state index contributed by atoms with van der Waals surface area (Å²) in [6.07, 6.45) is -26.6. The number of carbonyl (C=O) groups excluding carboxylic acids is 3. The fourth-order valence-electron chi connectivity index (χ4n) is 5.54. The van der Waals surface area contributed by atoms with Crippen LogP contribution in [0.5, 0.6) is 0 Å². The van der Waals surface area contributed by atoms with Gasteiger partial charge in [-0.3, -0.25) is 0 Å². The van der Waals surface area contributed by atoms with Crippen molar-refractivity contribution in [3.63, 3.8) is 0 Å². The molecule has 21 heteroatoms. The number of fused-ring (bicyclic) bond motifs is 2. The number of esters is 1. The molecule has 1 atom stereocenters. The van der Waals surface area contributed by atoms with E-state index in [1.54, 1.807) is 4.90 Å². The molecule has 0 aliphatic carbocycles. The quantitative estimate of drug-likeness (QED) is 0.190. The topological polar surface area (TPSA) is 94.6 Å². The Morgan fingerprint density at radius 3 is 1.53 bits per heavy atom. The first-order chi connectivity index (χ1) is 22.5. The van der Waals surface area contributed by atoms with Crippen LogP contribution in [0.2, 0.25) is 0 Å². The number of nitrogens with zero attached hydrogens (tertiary/aromatic N) is 2. The van der Waals surface area contributed by atoms with Gasteiger partial charge in [0.05, 0.1) is 28.9 Å². The van der Waals surface area contributed by atoms with Crippen LogP contribution >= 0.6 is 0 Å². The second-order valence-electron chi connectivity index (χ2n) is 11.2. The summed E-state index contributed by atoms with van der Waals surface area (Å²) in [5.74, 6) is -2.87. The second-order valence-corrected chi connectivity index (χ2v) is 11.2. The molecule has 1 amide bonds. The summed E-state index contributed by atoms with van der Waals surface area (Å²) in [7, 11) is 0. The number of benzene rings is 2. The first kappa shape index (κ1) is 36.0. The van der Waals surface area contributed by atoms with Crippen LogP contribution in [0, 0.1) is 0 Å². The lowest BCUT2D eigenvalue weighted by atomic mass is 9.89. The smallest absolute Gasteiger partial charge is 0.434 e. The molecule has 0 saturated carbocycles. The van der Waals surface area contributed by atoms with E-state index in [1.165, 1.54) is 0 Å². The first-order valence-electron chi connectivity index (χ1n) is 13.9. The monoisotopic (exact) mass is 724 g/mol. The Labute approximate surface area is 266 Å². The van der Waals surface area contributed by atoms with Crippen molar-refractivity contribution in [2.45, 2.75) is 55.5 Å². The summed E-state index contributed by atoms with van der Waals surface area (Å²) < 4.78 is 179. The third kappa shape index (κ3) is 7.51. The Hall–Kier alpha value is -4.27. The first-order valence-corrected chi connectivity index (χ1v) is 13.9. The van der Waals surface area contributed by atoms with Crippen molar-refractivity contribution in [1.82, 2.24) is 9.96 Å². The van der Waals surface area contributed by atoms with Gasteiger partial charge in [0, 0.05) is 32.5 Å². The molecule has 0 aromatic heterocycles. The average molecular weight is 724 g/mol. The van der Waals surface area contributed by atoms with E-state index in [9.17, 15) is 67.1 Å².